The summed E-state index contributed by atoms with van der Waals surface area (Å²) in [5.41, 5.74) is 1.00. The van der Waals surface area contributed by atoms with Crippen molar-refractivity contribution < 1.29 is 0 Å². The van der Waals surface area contributed by atoms with E-state index in [1.165, 1.54) is 26.2 Å². The Hall–Kier alpha value is -1.01. The summed E-state index contributed by atoms with van der Waals surface area (Å²) in [7, 11) is 1.79. The number of benzene rings is 1. The average molecular weight is 400 g/mol. The Bertz CT molecular complexity index is 585. The van der Waals surface area contributed by atoms with Crippen LogP contribution in [0.5, 0.6) is 0 Å². The quantitative estimate of drug-likeness (QED) is 0.546. The van der Waals surface area contributed by atoms with Crippen molar-refractivity contribution in [1.82, 2.24) is 20.4 Å². The van der Waals surface area contributed by atoms with Crippen LogP contribution < -0.4 is 10.6 Å². The van der Waals surface area contributed by atoms with Gasteiger partial charge >= 0.3 is 0 Å². The topological polar surface area (TPSA) is 42.9 Å². The van der Waals surface area contributed by atoms with Crippen molar-refractivity contribution in [3.63, 3.8) is 0 Å². The highest BCUT2D eigenvalue weighted by molar-refractivity contribution is 6.35. The zero-order valence-electron chi connectivity index (χ0n) is 16.1. The van der Waals surface area contributed by atoms with E-state index in [0.29, 0.717) is 22.5 Å². The number of aliphatic imine (C=N–C) groups is 1. The molecule has 7 heteroatoms. The van der Waals surface area contributed by atoms with Gasteiger partial charge in [-0.3, -0.25) is 4.99 Å². The number of guanidine groups is 1. The van der Waals surface area contributed by atoms with Gasteiger partial charge < -0.3 is 20.4 Å². The van der Waals surface area contributed by atoms with Gasteiger partial charge in [-0.25, -0.2) is 0 Å². The first-order valence-corrected chi connectivity index (χ1v) is 10.1. The van der Waals surface area contributed by atoms with Crippen molar-refractivity contribution in [2.75, 3.05) is 52.9 Å². The number of rotatable bonds is 7. The van der Waals surface area contributed by atoms with Crippen molar-refractivity contribution in [2.45, 2.75) is 20.4 Å². The minimum absolute atomic E-state index is 0.556. The Morgan fingerprint density at radius 3 is 2.46 bits per heavy atom. The van der Waals surface area contributed by atoms with E-state index in [0.717, 1.165) is 31.2 Å². The van der Waals surface area contributed by atoms with Crippen molar-refractivity contribution in [1.29, 1.82) is 0 Å². The van der Waals surface area contributed by atoms with Gasteiger partial charge in [-0.1, -0.05) is 43.1 Å². The number of nitrogens with zero attached hydrogens (tertiary/aromatic N) is 3. The predicted octanol–water partition coefficient (Wildman–Crippen LogP) is 2.93. The van der Waals surface area contributed by atoms with Crippen molar-refractivity contribution in [2.24, 2.45) is 10.9 Å². The summed E-state index contributed by atoms with van der Waals surface area (Å²) in [5, 5.41) is 8.04. The highest BCUT2D eigenvalue weighted by Gasteiger charge is 2.17. The highest BCUT2D eigenvalue weighted by Crippen LogP contribution is 2.20. The molecule has 0 aliphatic carbocycles. The molecule has 0 bridgehead atoms. The molecule has 5 nitrogen and oxygen atoms in total. The van der Waals surface area contributed by atoms with Crippen LogP contribution in [0.25, 0.3) is 0 Å². The van der Waals surface area contributed by atoms with Gasteiger partial charge in [0, 0.05) is 62.9 Å². The summed E-state index contributed by atoms with van der Waals surface area (Å²) in [6, 6.07) is 5.54. The maximum Gasteiger partial charge on any atom is 0.191 e. The third kappa shape index (κ3) is 6.95. The Kier molecular flexibility index (Phi) is 8.99. The molecule has 1 fully saturated rings. The Morgan fingerprint density at radius 2 is 1.85 bits per heavy atom. The molecule has 1 unspecified atom stereocenters. The highest BCUT2D eigenvalue weighted by atomic mass is 35.5. The molecule has 0 radical (unpaired) electrons. The molecule has 26 heavy (non-hydrogen) atoms. The maximum atomic E-state index is 6.22. The first kappa shape index (κ1) is 21.3. The van der Waals surface area contributed by atoms with Crippen LogP contribution >= 0.6 is 23.2 Å². The van der Waals surface area contributed by atoms with Gasteiger partial charge in [-0.15, -0.1) is 0 Å². The minimum atomic E-state index is 0.556. The molecule has 1 saturated heterocycles. The Balaban J connectivity index is 1.71. The lowest BCUT2D eigenvalue weighted by molar-refractivity contribution is 0.124. The molecule has 1 aromatic rings. The van der Waals surface area contributed by atoms with Crippen LogP contribution in [0.1, 0.15) is 19.4 Å². The van der Waals surface area contributed by atoms with Crippen molar-refractivity contribution in [3.8, 4) is 0 Å². The molecule has 0 amide bonds. The zero-order chi connectivity index (χ0) is 18.9. The van der Waals surface area contributed by atoms with Crippen LogP contribution in [0.3, 0.4) is 0 Å². The van der Waals surface area contributed by atoms with Gasteiger partial charge in [0.1, 0.15) is 0 Å². The first-order valence-electron chi connectivity index (χ1n) is 9.35. The second-order valence-electron chi connectivity index (χ2n) is 6.88. The van der Waals surface area contributed by atoms with Crippen molar-refractivity contribution in [3.05, 3.63) is 33.8 Å². The molecule has 1 aliphatic rings. The van der Waals surface area contributed by atoms with E-state index < -0.39 is 0 Å². The van der Waals surface area contributed by atoms with Gasteiger partial charge in [-0.2, -0.15) is 0 Å². The molecule has 0 aromatic heterocycles. The van der Waals surface area contributed by atoms with Crippen LogP contribution in [0.15, 0.2) is 23.2 Å². The summed E-state index contributed by atoms with van der Waals surface area (Å²) in [4.78, 5) is 9.36. The van der Waals surface area contributed by atoms with Crippen LogP contribution in [0, 0.1) is 5.92 Å². The molecular weight excluding hydrogens is 369 g/mol. The minimum Gasteiger partial charge on any atom is -0.356 e. The summed E-state index contributed by atoms with van der Waals surface area (Å²) >= 11 is 12.2. The molecule has 1 aromatic carbocycles. The standard InChI is InChI=1S/C19H31Cl2N5/c1-4-25-7-9-26(10-8-25)14-15(2)12-23-19(22-3)24-13-16-5-6-17(20)11-18(16)21/h5-6,11,15H,4,7-10,12-14H2,1-3H3,(H2,22,23,24). The molecular formula is C19H31Cl2N5. The summed E-state index contributed by atoms with van der Waals surface area (Å²) in [5.74, 6) is 1.35. The molecule has 0 saturated carbocycles. The van der Waals surface area contributed by atoms with Gasteiger partial charge in [0.2, 0.25) is 0 Å². The molecule has 2 N–H and O–H groups in total. The van der Waals surface area contributed by atoms with E-state index in [-0.39, 0.29) is 0 Å². The van der Waals surface area contributed by atoms with Crippen molar-refractivity contribution >= 4 is 29.2 Å². The molecule has 2 rings (SSSR count). The number of piperazine rings is 1. The van der Waals surface area contributed by atoms with Crippen LogP contribution in [0.4, 0.5) is 0 Å². The van der Waals surface area contributed by atoms with Gasteiger partial charge in [-0.05, 0) is 30.2 Å². The molecule has 0 spiro atoms. The van der Waals surface area contributed by atoms with Gasteiger partial charge in [0.25, 0.3) is 0 Å². The second-order valence-corrected chi connectivity index (χ2v) is 7.73. The maximum absolute atomic E-state index is 6.22. The fourth-order valence-electron chi connectivity index (χ4n) is 3.13. The third-order valence-corrected chi connectivity index (χ3v) is 5.37. The molecule has 1 aliphatic heterocycles. The molecule has 146 valence electrons. The number of nitrogens with one attached hydrogen (secondary N) is 2. The van der Waals surface area contributed by atoms with E-state index in [1.54, 1.807) is 13.1 Å². The van der Waals surface area contributed by atoms with Crippen LogP contribution in [-0.2, 0) is 6.54 Å². The predicted molar refractivity (Wildman–Crippen MR) is 112 cm³/mol. The number of halogens is 2. The van der Waals surface area contributed by atoms with E-state index in [1.807, 2.05) is 12.1 Å². The normalized spacial score (nSPS) is 18.0. The molecule has 1 atom stereocenters. The molecule has 1 heterocycles. The Morgan fingerprint density at radius 1 is 1.15 bits per heavy atom. The lowest BCUT2D eigenvalue weighted by Gasteiger charge is -2.35. The summed E-state index contributed by atoms with van der Waals surface area (Å²) in [6.45, 7) is 13.0. The van der Waals surface area contributed by atoms with E-state index in [4.69, 9.17) is 23.2 Å². The zero-order valence-corrected chi connectivity index (χ0v) is 17.6. The van der Waals surface area contributed by atoms with Gasteiger partial charge in [0.15, 0.2) is 5.96 Å². The third-order valence-electron chi connectivity index (χ3n) is 4.78. The van der Waals surface area contributed by atoms with Crippen LogP contribution in [-0.4, -0.2) is 68.6 Å². The second kappa shape index (κ2) is 11.0. The number of hydrogen-bond acceptors (Lipinski definition) is 3. The van der Waals surface area contributed by atoms with E-state index in [9.17, 15) is 0 Å². The fourth-order valence-corrected chi connectivity index (χ4v) is 3.60. The monoisotopic (exact) mass is 399 g/mol. The van der Waals surface area contributed by atoms with E-state index in [2.05, 4.69) is 39.3 Å². The van der Waals surface area contributed by atoms with E-state index >= 15 is 0 Å². The smallest absolute Gasteiger partial charge is 0.191 e. The largest absolute Gasteiger partial charge is 0.356 e. The SMILES string of the molecule is CCN1CCN(CC(C)CNC(=NC)NCc2ccc(Cl)cc2Cl)CC1. The summed E-state index contributed by atoms with van der Waals surface area (Å²) in [6.07, 6.45) is 0. The first-order chi connectivity index (χ1) is 12.5. The lowest BCUT2D eigenvalue weighted by atomic mass is 10.1. The van der Waals surface area contributed by atoms with Crippen LogP contribution in [0.2, 0.25) is 10.0 Å². The number of hydrogen-bond donors (Lipinski definition) is 2. The Labute approximate surface area is 167 Å². The summed E-state index contributed by atoms with van der Waals surface area (Å²) < 4.78 is 0. The average Bonchev–Trinajstić information content (AvgIpc) is 2.64. The fraction of sp³-hybridized carbons (Fsp3) is 0.632. The van der Waals surface area contributed by atoms with Gasteiger partial charge in [0.05, 0.1) is 0 Å². The number of likely N-dealkylation sites (N-methyl/N-ethyl adjacent to an activating group) is 1. The lowest BCUT2D eigenvalue weighted by Crippen LogP contribution is -2.48.